The smallest absolute Gasteiger partial charge is 0.311 e. The van der Waals surface area contributed by atoms with Crippen molar-refractivity contribution in [3.63, 3.8) is 0 Å². The average Bonchev–Trinajstić information content (AvgIpc) is 2.46. The zero-order valence-electron chi connectivity index (χ0n) is 10.8. The second-order valence-corrected chi connectivity index (χ2v) is 5.10. The predicted molar refractivity (Wildman–Crippen MR) is 84.8 cm³/mol. The van der Waals surface area contributed by atoms with E-state index in [1.165, 1.54) is 12.1 Å². The van der Waals surface area contributed by atoms with Gasteiger partial charge < -0.3 is 10.5 Å². The molecule has 2 aromatic carbocycles. The SMILES string of the molecule is NC(=S)c1ccc(OCc2ccc(Cl)cc2)c([N+](=O)[O-])c1. The molecular weight excluding hydrogens is 312 g/mol. The highest BCUT2D eigenvalue weighted by atomic mass is 35.5. The molecule has 2 aromatic rings. The fourth-order valence-corrected chi connectivity index (χ4v) is 1.93. The third-order valence-corrected chi connectivity index (χ3v) is 3.24. The largest absolute Gasteiger partial charge is 0.482 e. The van der Waals surface area contributed by atoms with E-state index in [0.29, 0.717) is 10.6 Å². The Hall–Kier alpha value is -2.18. The third-order valence-electron chi connectivity index (χ3n) is 2.75. The number of hydrogen-bond acceptors (Lipinski definition) is 4. The zero-order chi connectivity index (χ0) is 15.4. The number of nitro benzene ring substituents is 1. The van der Waals surface area contributed by atoms with Crippen molar-refractivity contribution in [3.8, 4) is 5.75 Å². The number of nitrogens with zero attached hydrogens (tertiary/aromatic N) is 1. The Kier molecular flexibility index (Phi) is 4.72. The maximum atomic E-state index is 11.1. The fourth-order valence-electron chi connectivity index (χ4n) is 1.68. The molecule has 0 heterocycles. The number of hydrogen-bond donors (Lipinski definition) is 1. The molecule has 0 saturated heterocycles. The van der Waals surface area contributed by atoms with Gasteiger partial charge in [-0.3, -0.25) is 10.1 Å². The number of thiocarbonyl (C=S) groups is 1. The van der Waals surface area contributed by atoms with Crippen LogP contribution in [0.3, 0.4) is 0 Å². The van der Waals surface area contributed by atoms with Crippen molar-refractivity contribution in [1.82, 2.24) is 0 Å². The molecule has 5 nitrogen and oxygen atoms in total. The number of ether oxygens (including phenoxy) is 1. The summed E-state index contributed by atoms with van der Waals surface area (Å²) in [4.78, 5) is 10.6. The Labute approximate surface area is 131 Å². The van der Waals surface area contributed by atoms with Crippen LogP contribution in [0.1, 0.15) is 11.1 Å². The van der Waals surface area contributed by atoms with Crippen LogP contribution >= 0.6 is 23.8 Å². The van der Waals surface area contributed by atoms with Gasteiger partial charge in [0.15, 0.2) is 5.75 Å². The highest BCUT2D eigenvalue weighted by molar-refractivity contribution is 7.80. The summed E-state index contributed by atoms with van der Waals surface area (Å²) >= 11 is 10.6. The van der Waals surface area contributed by atoms with Gasteiger partial charge in [0.25, 0.3) is 0 Å². The van der Waals surface area contributed by atoms with Crippen molar-refractivity contribution in [1.29, 1.82) is 0 Å². The average molecular weight is 323 g/mol. The van der Waals surface area contributed by atoms with Gasteiger partial charge in [0.05, 0.1) is 4.92 Å². The predicted octanol–water partition coefficient (Wildman–Crippen LogP) is 3.46. The molecule has 108 valence electrons. The van der Waals surface area contributed by atoms with E-state index in [1.807, 2.05) is 0 Å². The van der Waals surface area contributed by atoms with Crippen molar-refractivity contribution in [2.24, 2.45) is 5.73 Å². The highest BCUT2D eigenvalue weighted by Crippen LogP contribution is 2.28. The summed E-state index contributed by atoms with van der Waals surface area (Å²) in [7, 11) is 0. The number of rotatable bonds is 5. The molecule has 0 atom stereocenters. The summed E-state index contributed by atoms with van der Waals surface area (Å²) < 4.78 is 5.49. The molecule has 0 aliphatic rings. The standard InChI is InChI=1S/C14H11ClN2O3S/c15-11-4-1-9(2-5-11)8-20-13-6-3-10(14(16)21)7-12(13)17(18)19/h1-7H,8H2,(H2,16,21). The normalized spacial score (nSPS) is 10.1. The molecule has 0 aliphatic heterocycles. The molecule has 0 aliphatic carbocycles. The Bertz CT molecular complexity index is 689. The zero-order valence-corrected chi connectivity index (χ0v) is 12.4. The second kappa shape index (κ2) is 6.51. The third kappa shape index (κ3) is 3.90. The van der Waals surface area contributed by atoms with E-state index in [0.717, 1.165) is 5.56 Å². The van der Waals surface area contributed by atoms with Gasteiger partial charge in [-0.2, -0.15) is 0 Å². The van der Waals surface area contributed by atoms with Crippen molar-refractivity contribution >= 4 is 34.5 Å². The van der Waals surface area contributed by atoms with Crippen LogP contribution in [0.15, 0.2) is 42.5 Å². The van der Waals surface area contributed by atoms with Crippen molar-refractivity contribution in [2.45, 2.75) is 6.61 Å². The molecule has 21 heavy (non-hydrogen) atoms. The van der Waals surface area contributed by atoms with Gasteiger partial charge in [0.1, 0.15) is 11.6 Å². The maximum Gasteiger partial charge on any atom is 0.311 e. The van der Waals surface area contributed by atoms with Crippen LogP contribution in [-0.2, 0) is 6.61 Å². The molecule has 0 fully saturated rings. The van der Waals surface area contributed by atoms with Gasteiger partial charge in [-0.05, 0) is 29.8 Å². The Balaban J connectivity index is 2.21. The quantitative estimate of drug-likeness (QED) is 0.518. The molecule has 0 radical (unpaired) electrons. The number of nitrogens with two attached hydrogens (primary N) is 1. The van der Waals surface area contributed by atoms with Gasteiger partial charge in [-0.15, -0.1) is 0 Å². The maximum absolute atomic E-state index is 11.1. The second-order valence-electron chi connectivity index (χ2n) is 4.22. The van der Waals surface area contributed by atoms with Crippen LogP contribution in [0.4, 0.5) is 5.69 Å². The molecule has 0 saturated carbocycles. The van der Waals surface area contributed by atoms with Crippen LogP contribution in [0.5, 0.6) is 5.75 Å². The van der Waals surface area contributed by atoms with Gasteiger partial charge in [0.2, 0.25) is 0 Å². The highest BCUT2D eigenvalue weighted by Gasteiger charge is 2.17. The Morgan fingerprint density at radius 2 is 1.95 bits per heavy atom. The van der Waals surface area contributed by atoms with E-state index in [4.69, 9.17) is 34.3 Å². The minimum absolute atomic E-state index is 0.0994. The first kappa shape index (κ1) is 15.2. The van der Waals surface area contributed by atoms with Crippen LogP contribution in [0, 0.1) is 10.1 Å². The minimum Gasteiger partial charge on any atom is -0.482 e. The van der Waals surface area contributed by atoms with E-state index < -0.39 is 4.92 Å². The molecule has 2 N–H and O–H groups in total. The lowest BCUT2D eigenvalue weighted by Crippen LogP contribution is -2.10. The molecular formula is C14H11ClN2O3S. The number of nitro groups is 1. The molecule has 0 unspecified atom stereocenters. The van der Waals surface area contributed by atoms with E-state index in [-0.39, 0.29) is 23.0 Å². The molecule has 0 aromatic heterocycles. The van der Waals surface area contributed by atoms with E-state index >= 15 is 0 Å². The topological polar surface area (TPSA) is 78.4 Å². The lowest BCUT2D eigenvalue weighted by atomic mass is 10.2. The van der Waals surface area contributed by atoms with Crippen LogP contribution in [-0.4, -0.2) is 9.91 Å². The summed E-state index contributed by atoms with van der Waals surface area (Å²) in [5.41, 5.74) is 6.58. The van der Waals surface area contributed by atoms with Gasteiger partial charge in [-0.25, -0.2) is 0 Å². The summed E-state index contributed by atoms with van der Waals surface area (Å²) in [5.74, 6) is 0.162. The first-order valence-electron chi connectivity index (χ1n) is 5.93. The lowest BCUT2D eigenvalue weighted by molar-refractivity contribution is -0.386. The lowest BCUT2D eigenvalue weighted by Gasteiger charge is -2.08. The van der Waals surface area contributed by atoms with Crippen LogP contribution in [0.2, 0.25) is 5.02 Å². The summed E-state index contributed by atoms with van der Waals surface area (Å²) in [6.45, 7) is 0.199. The Morgan fingerprint density at radius 3 is 2.52 bits per heavy atom. The molecule has 0 amide bonds. The number of halogens is 1. The summed E-state index contributed by atoms with van der Waals surface area (Å²) in [5, 5.41) is 11.7. The Morgan fingerprint density at radius 1 is 1.29 bits per heavy atom. The first-order valence-corrected chi connectivity index (χ1v) is 6.71. The summed E-state index contributed by atoms with van der Waals surface area (Å²) in [6.07, 6.45) is 0. The van der Waals surface area contributed by atoms with Gasteiger partial charge >= 0.3 is 5.69 Å². The monoisotopic (exact) mass is 322 g/mol. The molecule has 0 spiro atoms. The molecule has 0 bridgehead atoms. The molecule has 7 heteroatoms. The minimum atomic E-state index is -0.529. The first-order chi connectivity index (χ1) is 9.97. The van der Waals surface area contributed by atoms with Gasteiger partial charge in [0, 0.05) is 16.7 Å². The number of benzene rings is 2. The van der Waals surface area contributed by atoms with Crippen molar-refractivity contribution in [3.05, 3.63) is 68.7 Å². The fraction of sp³-hybridized carbons (Fsp3) is 0.0714. The van der Waals surface area contributed by atoms with Gasteiger partial charge in [-0.1, -0.05) is 36.0 Å². The van der Waals surface area contributed by atoms with E-state index in [1.54, 1.807) is 30.3 Å². The summed E-state index contributed by atoms with van der Waals surface area (Å²) in [6, 6.07) is 11.4. The van der Waals surface area contributed by atoms with Crippen molar-refractivity contribution < 1.29 is 9.66 Å². The van der Waals surface area contributed by atoms with Crippen LogP contribution in [0.25, 0.3) is 0 Å². The van der Waals surface area contributed by atoms with Crippen LogP contribution < -0.4 is 10.5 Å². The van der Waals surface area contributed by atoms with Crippen molar-refractivity contribution in [2.75, 3.05) is 0 Å². The van der Waals surface area contributed by atoms with E-state index in [9.17, 15) is 10.1 Å². The molecule has 2 rings (SSSR count). The van der Waals surface area contributed by atoms with E-state index in [2.05, 4.69) is 0 Å².